The number of piperazine rings is 1. The van der Waals surface area contributed by atoms with Crippen molar-refractivity contribution in [2.45, 2.75) is 0 Å². The van der Waals surface area contributed by atoms with E-state index in [2.05, 4.69) is 35.4 Å². The number of anilines is 1. The lowest BCUT2D eigenvalue weighted by molar-refractivity contribution is 0.585. The Morgan fingerprint density at radius 3 is 2.86 bits per heavy atom. The van der Waals surface area contributed by atoms with Crippen molar-refractivity contribution in [2.75, 3.05) is 31.1 Å². The van der Waals surface area contributed by atoms with Crippen LogP contribution in [0.3, 0.4) is 0 Å². The molecule has 3 aromatic rings. The highest BCUT2D eigenvalue weighted by Crippen LogP contribution is 2.23. The van der Waals surface area contributed by atoms with Gasteiger partial charge < -0.3 is 10.2 Å². The molecule has 0 bridgehead atoms. The van der Waals surface area contributed by atoms with Crippen LogP contribution in [0.2, 0.25) is 0 Å². The summed E-state index contributed by atoms with van der Waals surface area (Å²) in [5.41, 5.74) is 1.50. The lowest BCUT2D eigenvalue weighted by atomic mass is 10.2. The zero-order chi connectivity index (χ0) is 14.1. The first-order chi connectivity index (χ1) is 10.4. The third-order valence-electron chi connectivity index (χ3n) is 3.63. The van der Waals surface area contributed by atoms with Crippen LogP contribution in [0.15, 0.2) is 30.6 Å². The first-order valence-electron chi connectivity index (χ1n) is 7.00. The first kappa shape index (κ1) is 12.2. The van der Waals surface area contributed by atoms with Crippen LogP contribution in [0.5, 0.6) is 0 Å². The van der Waals surface area contributed by atoms with E-state index in [0.29, 0.717) is 5.82 Å². The van der Waals surface area contributed by atoms with Crippen molar-refractivity contribution in [1.29, 1.82) is 0 Å². The van der Waals surface area contributed by atoms with Crippen molar-refractivity contribution in [3.8, 4) is 11.5 Å². The SMILES string of the molecule is c1cnc2[nH]nc(-c3nccc(N4CCNCC4)n3)c2c1. The van der Waals surface area contributed by atoms with Gasteiger partial charge in [-0.05, 0) is 18.2 Å². The monoisotopic (exact) mass is 281 g/mol. The maximum Gasteiger partial charge on any atom is 0.182 e. The number of hydrogen-bond acceptors (Lipinski definition) is 6. The predicted molar refractivity (Wildman–Crippen MR) is 80.0 cm³/mol. The summed E-state index contributed by atoms with van der Waals surface area (Å²) in [5, 5.41) is 11.5. The number of aromatic nitrogens is 5. The molecular formula is C14H15N7. The van der Waals surface area contributed by atoms with Crippen LogP contribution in [0.4, 0.5) is 5.82 Å². The van der Waals surface area contributed by atoms with Gasteiger partial charge in [0.15, 0.2) is 11.5 Å². The van der Waals surface area contributed by atoms with Gasteiger partial charge in [0.05, 0.1) is 5.39 Å². The summed E-state index contributed by atoms with van der Waals surface area (Å²) in [6.45, 7) is 3.88. The van der Waals surface area contributed by atoms with Gasteiger partial charge in [0.25, 0.3) is 0 Å². The van der Waals surface area contributed by atoms with E-state index in [4.69, 9.17) is 0 Å². The zero-order valence-electron chi connectivity index (χ0n) is 11.5. The van der Waals surface area contributed by atoms with E-state index in [1.807, 2.05) is 18.2 Å². The molecule has 0 amide bonds. The van der Waals surface area contributed by atoms with E-state index in [1.54, 1.807) is 12.4 Å². The van der Waals surface area contributed by atoms with Crippen LogP contribution in [-0.2, 0) is 0 Å². The van der Waals surface area contributed by atoms with Gasteiger partial charge >= 0.3 is 0 Å². The largest absolute Gasteiger partial charge is 0.354 e. The Balaban J connectivity index is 1.75. The maximum absolute atomic E-state index is 4.67. The minimum absolute atomic E-state index is 0.630. The molecule has 1 aliphatic heterocycles. The van der Waals surface area contributed by atoms with Gasteiger partial charge in [-0.2, -0.15) is 5.10 Å². The number of hydrogen-bond donors (Lipinski definition) is 2. The lowest BCUT2D eigenvalue weighted by Gasteiger charge is -2.28. The minimum Gasteiger partial charge on any atom is -0.354 e. The Morgan fingerprint density at radius 2 is 1.95 bits per heavy atom. The van der Waals surface area contributed by atoms with Gasteiger partial charge in [-0.15, -0.1) is 0 Å². The molecule has 4 heterocycles. The molecule has 1 aliphatic rings. The second-order valence-electron chi connectivity index (χ2n) is 4.95. The maximum atomic E-state index is 4.67. The molecule has 2 N–H and O–H groups in total. The first-order valence-corrected chi connectivity index (χ1v) is 7.00. The van der Waals surface area contributed by atoms with Crippen LogP contribution < -0.4 is 10.2 Å². The molecule has 0 saturated carbocycles. The molecule has 0 radical (unpaired) electrons. The molecule has 0 aromatic carbocycles. The summed E-state index contributed by atoms with van der Waals surface area (Å²) in [6.07, 6.45) is 3.53. The van der Waals surface area contributed by atoms with Gasteiger partial charge in [-0.1, -0.05) is 0 Å². The van der Waals surface area contributed by atoms with Gasteiger partial charge in [-0.3, -0.25) is 5.10 Å². The van der Waals surface area contributed by atoms with E-state index in [0.717, 1.165) is 48.7 Å². The molecule has 7 heteroatoms. The third kappa shape index (κ3) is 2.21. The average molecular weight is 281 g/mol. The Kier molecular flexibility index (Phi) is 2.97. The van der Waals surface area contributed by atoms with E-state index in [-0.39, 0.29) is 0 Å². The molecule has 3 aromatic heterocycles. The summed E-state index contributed by atoms with van der Waals surface area (Å²) in [7, 11) is 0. The minimum atomic E-state index is 0.630. The van der Waals surface area contributed by atoms with E-state index < -0.39 is 0 Å². The van der Waals surface area contributed by atoms with Gasteiger partial charge in [0.1, 0.15) is 11.5 Å². The molecule has 0 spiro atoms. The van der Waals surface area contributed by atoms with Crippen molar-refractivity contribution in [2.24, 2.45) is 0 Å². The fraction of sp³-hybridized carbons (Fsp3) is 0.286. The summed E-state index contributed by atoms with van der Waals surface area (Å²) in [5.74, 6) is 1.58. The lowest BCUT2D eigenvalue weighted by Crippen LogP contribution is -2.43. The highest BCUT2D eigenvalue weighted by atomic mass is 15.2. The molecule has 1 saturated heterocycles. The van der Waals surface area contributed by atoms with Gasteiger partial charge in [-0.25, -0.2) is 15.0 Å². The number of nitrogens with one attached hydrogen (secondary N) is 2. The summed E-state index contributed by atoms with van der Waals surface area (Å²) < 4.78 is 0. The smallest absolute Gasteiger partial charge is 0.182 e. The van der Waals surface area contributed by atoms with Gasteiger partial charge in [0.2, 0.25) is 0 Å². The molecule has 21 heavy (non-hydrogen) atoms. The predicted octanol–water partition coefficient (Wildman–Crippen LogP) is 0.824. The Labute approximate surface area is 121 Å². The molecule has 0 aliphatic carbocycles. The second-order valence-corrected chi connectivity index (χ2v) is 4.95. The fourth-order valence-electron chi connectivity index (χ4n) is 2.56. The average Bonchev–Trinajstić information content (AvgIpc) is 3.00. The van der Waals surface area contributed by atoms with Crippen LogP contribution in [0.1, 0.15) is 0 Å². The van der Waals surface area contributed by atoms with Crippen molar-refractivity contribution in [3.05, 3.63) is 30.6 Å². The standard InChI is InChI=1S/C14H15N7/c1-2-10-12(19-20-13(10)16-4-1)14-17-5-3-11(18-14)21-8-6-15-7-9-21/h1-5,15H,6-9H2,(H,16,19,20). The highest BCUT2D eigenvalue weighted by Gasteiger charge is 2.15. The normalized spacial score (nSPS) is 15.5. The van der Waals surface area contributed by atoms with E-state index >= 15 is 0 Å². The Hall–Kier alpha value is -2.54. The number of pyridine rings is 1. The number of H-pyrrole nitrogens is 1. The van der Waals surface area contributed by atoms with Crippen LogP contribution in [0.25, 0.3) is 22.6 Å². The summed E-state index contributed by atoms with van der Waals surface area (Å²) in [4.78, 5) is 15.5. The van der Waals surface area contributed by atoms with Crippen LogP contribution in [-0.4, -0.2) is 51.3 Å². The topological polar surface area (TPSA) is 82.6 Å². The number of fused-ring (bicyclic) bond motifs is 1. The van der Waals surface area contributed by atoms with Crippen molar-refractivity contribution < 1.29 is 0 Å². The molecule has 0 unspecified atom stereocenters. The molecule has 0 atom stereocenters. The third-order valence-corrected chi connectivity index (χ3v) is 3.63. The number of nitrogens with zero attached hydrogens (tertiary/aromatic N) is 5. The molecule has 1 fully saturated rings. The number of aromatic amines is 1. The van der Waals surface area contributed by atoms with Gasteiger partial charge in [0, 0.05) is 38.6 Å². The van der Waals surface area contributed by atoms with E-state index in [1.165, 1.54) is 0 Å². The summed E-state index contributed by atoms with van der Waals surface area (Å²) >= 11 is 0. The molecule has 7 nitrogen and oxygen atoms in total. The van der Waals surface area contributed by atoms with Crippen LogP contribution >= 0.6 is 0 Å². The van der Waals surface area contributed by atoms with E-state index in [9.17, 15) is 0 Å². The Bertz CT molecular complexity index is 761. The van der Waals surface area contributed by atoms with Crippen molar-refractivity contribution in [3.63, 3.8) is 0 Å². The Morgan fingerprint density at radius 1 is 1.05 bits per heavy atom. The fourth-order valence-corrected chi connectivity index (χ4v) is 2.56. The second kappa shape index (κ2) is 5.10. The van der Waals surface area contributed by atoms with Crippen molar-refractivity contribution in [1.82, 2.24) is 30.5 Å². The zero-order valence-corrected chi connectivity index (χ0v) is 11.5. The molecule has 106 valence electrons. The van der Waals surface area contributed by atoms with Crippen molar-refractivity contribution >= 4 is 16.9 Å². The quantitative estimate of drug-likeness (QED) is 0.724. The molecule has 4 rings (SSSR count). The molecular weight excluding hydrogens is 266 g/mol. The van der Waals surface area contributed by atoms with Crippen LogP contribution in [0, 0.1) is 0 Å². The number of rotatable bonds is 2. The highest BCUT2D eigenvalue weighted by molar-refractivity contribution is 5.88. The summed E-state index contributed by atoms with van der Waals surface area (Å²) in [6, 6.07) is 5.81.